The van der Waals surface area contributed by atoms with E-state index in [0.29, 0.717) is 17.1 Å². The van der Waals surface area contributed by atoms with Gasteiger partial charge in [-0.05, 0) is 48.0 Å². The molecule has 36 heavy (non-hydrogen) atoms. The molecule has 0 fully saturated rings. The fraction of sp³-hybridized carbons (Fsp3) is 0.111. The lowest BCUT2D eigenvalue weighted by Crippen LogP contribution is -2.43. The zero-order valence-corrected chi connectivity index (χ0v) is 19.9. The molecular weight excluding hydrogens is 478 g/mol. The van der Waals surface area contributed by atoms with Crippen molar-refractivity contribution in [3.05, 3.63) is 107 Å². The molecule has 1 aromatic heterocycles. The summed E-state index contributed by atoms with van der Waals surface area (Å²) in [6.45, 7) is -0.151. The fourth-order valence-corrected chi connectivity index (χ4v) is 4.39. The highest BCUT2D eigenvalue weighted by Crippen LogP contribution is 2.29. The molecule has 180 valence electrons. The Morgan fingerprint density at radius 2 is 1.72 bits per heavy atom. The number of aromatic nitrogens is 2. The number of anilines is 2. The molecule has 0 saturated heterocycles. The number of carbonyl (C=O) groups excluding carboxylic acids is 3. The third kappa shape index (κ3) is 4.85. The van der Waals surface area contributed by atoms with Gasteiger partial charge in [-0.1, -0.05) is 48.0 Å². The van der Waals surface area contributed by atoms with Gasteiger partial charge in [0.2, 0.25) is 11.8 Å². The minimum absolute atomic E-state index is 0.136. The molecule has 0 atom stereocenters. The predicted molar refractivity (Wildman–Crippen MR) is 137 cm³/mol. The van der Waals surface area contributed by atoms with E-state index in [9.17, 15) is 14.4 Å². The summed E-state index contributed by atoms with van der Waals surface area (Å²) in [7, 11) is 0. The second kappa shape index (κ2) is 10.1. The van der Waals surface area contributed by atoms with Crippen molar-refractivity contribution in [1.82, 2.24) is 14.7 Å². The lowest BCUT2D eigenvalue weighted by Gasteiger charge is -2.23. The molecule has 5 rings (SSSR count). The summed E-state index contributed by atoms with van der Waals surface area (Å²) in [5.41, 5.74) is 2.99. The summed E-state index contributed by atoms with van der Waals surface area (Å²) < 4.78 is 1.64. The normalized spacial score (nSPS) is 13.2. The predicted octanol–water partition coefficient (Wildman–Crippen LogP) is 4.15. The smallest absolute Gasteiger partial charge is 0.260 e. The number of amides is 3. The van der Waals surface area contributed by atoms with Crippen molar-refractivity contribution < 1.29 is 14.4 Å². The Kier molecular flexibility index (Phi) is 6.51. The maximum atomic E-state index is 13.6. The highest BCUT2D eigenvalue weighted by molar-refractivity contribution is 6.35. The van der Waals surface area contributed by atoms with Crippen LogP contribution in [0.1, 0.15) is 15.9 Å². The molecule has 0 spiro atoms. The first-order valence-electron chi connectivity index (χ1n) is 11.3. The van der Waals surface area contributed by atoms with Crippen molar-refractivity contribution in [2.24, 2.45) is 0 Å². The highest BCUT2D eigenvalue weighted by Gasteiger charge is 2.31. The number of fused-ring (bicyclic) bond motifs is 1. The second-order valence-corrected chi connectivity index (χ2v) is 8.71. The third-order valence-electron chi connectivity index (χ3n) is 5.88. The molecule has 4 aromatic rings. The molecular formula is C27H22ClN5O3. The van der Waals surface area contributed by atoms with Crippen molar-refractivity contribution in [3.8, 4) is 5.69 Å². The van der Waals surface area contributed by atoms with Crippen molar-refractivity contribution in [1.29, 1.82) is 0 Å². The van der Waals surface area contributed by atoms with Crippen LogP contribution < -0.4 is 10.2 Å². The third-order valence-corrected chi connectivity index (χ3v) is 6.19. The Labute approximate surface area is 212 Å². The van der Waals surface area contributed by atoms with Gasteiger partial charge >= 0.3 is 0 Å². The van der Waals surface area contributed by atoms with Crippen LogP contribution >= 0.6 is 11.6 Å². The molecule has 0 aliphatic carbocycles. The molecule has 0 unspecified atom stereocenters. The number of nitrogens with zero attached hydrogens (tertiary/aromatic N) is 4. The van der Waals surface area contributed by atoms with Gasteiger partial charge in [0.05, 0.1) is 16.3 Å². The van der Waals surface area contributed by atoms with E-state index < -0.39 is 5.91 Å². The molecule has 3 aromatic carbocycles. The monoisotopic (exact) mass is 499 g/mol. The van der Waals surface area contributed by atoms with Crippen molar-refractivity contribution in [2.45, 2.75) is 6.54 Å². The minimum atomic E-state index is -0.400. The van der Waals surface area contributed by atoms with Crippen LogP contribution in [0.15, 0.2) is 91.3 Å². The Morgan fingerprint density at radius 1 is 0.944 bits per heavy atom. The van der Waals surface area contributed by atoms with Crippen LogP contribution in [0, 0.1) is 0 Å². The van der Waals surface area contributed by atoms with Gasteiger partial charge in [-0.2, -0.15) is 5.10 Å². The summed E-state index contributed by atoms with van der Waals surface area (Å²) in [6, 6.07) is 23.2. The van der Waals surface area contributed by atoms with Crippen LogP contribution in [-0.2, 0) is 16.1 Å². The van der Waals surface area contributed by atoms with Gasteiger partial charge in [-0.15, -0.1) is 0 Å². The standard InChI is InChI=1S/C27H22ClN5O3/c28-23-15-21(33-14-6-13-29-33)11-12-22(23)27(36)32-18-26(35)31(16-19-7-4-5-10-24(19)32)17-25(34)30-20-8-2-1-3-9-20/h1-15H,16-18H2,(H,30,34). The van der Waals surface area contributed by atoms with E-state index in [1.807, 2.05) is 36.4 Å². The van der Waals surface area contributed by atoms with Gasteiger partial charge in [0, 0.05) is 30.3 Å². The van der Waals surface area contributed by atoms with Gasteiger partial charge in [0.1, 0.15) is 13.1 Å². The molecule has 3 amide bonds. The lowest BCUT2D eigenvalue weighted by atomic mass is 10.1. The summed E-state index contributed by atoms with van der Waals surface area (Å²) in [5.74, 6) is -1.06. The van der Waals surface area contributed by atoms with Crippen LogP contribution in [-0.4, -0.2) is 45.5 Å². The van der Waals surface area contributed by atoms with Gasteiger partial charge in [0.15, 0.2) is 0 Å². The molecule has 0 radical (unpaired) electrons. The molecule has 9 heteroatoms. The Hall–Kier alpha value is -4.43. The zero-order chi connectivity index (χ0) is 25.1. The second-order valence-electron chi connectivity index (χ2n) is 8.30. The first-order valence-corrected chi connectivity index (χ1v) is 11.7. The van der Waals surface area contributed by atoms with Crippen molar-refractivity contribution in [3.63, 3.8) is 0 Å². The van der Waals surface area contributed by atoms with Crippen LogP contribution in [0.5, 0.6) is 0 Å². The fourth-order valence-electron chi connectivity index (χ4n) is 4.13. The highest BCUT2D eigenvalue weighted by atomic mass is 35.5. The van der Waals surface area contributed by atoms with E-state index in [-0.39, 0.29) is 42.0 Å². The van der Waals surface area contributed by atoms with Crippen LogP contribution in [0.3, 0.4) is 0 Å². The van der Waals surface area contributed by atoms with Crippen LogP contribution in [0.2, 0.25) is 5.02 Å². The van der Waals surface area contributed by atoms with E-state index in [2.05, 4.69) is 10.4 Å². The van der Waals surface area contributed by atoms with E-state index >= 15 is 0 Å². The maximum Gasteiger partial charge on any atom is 0.260 e. The van der Waals surface area contributed by atoms with Gasteiger partial charge in [0.25, 0.3) is 5.91 Å². The quantitative estimate of drug-likeness (QED) is 0.447. The lowest BCUT2D eigenvalue weighted by molar-refractivity contribution is -0.133. The number of para-hydroxylation sites is 2. The van der Waals surface area contributed by atoms with Gasteiger partial charge < -0.3 is 10.2 Å². The number of carbonyl (C=O) groups is 3. The zero-order valence-electron chi connectivity index (χ0n) is 19.2. The number of nitrogens with one attached hydrogen (secondary N) is 1. The largest absolute Gasteiger partial charge is 0.327 e. The van der Waals surface area contributed by atoms with E-state index in [1.165, 1.54) is 9.80 Å². The first kappa shape index (κ1) is 23.3. The molecule has 0 saturated carbocycles. The minimum Gasteiger partial charge on any atom is -0.327 e. The average molecular weight is 500 g/mol. The number of hydrogen-bond donors (Lipinski definition) is 1. The van der Waals surface area contributed by atoms with Crippen molar-refractivity contribution in [2.75, 3.05) is 23.3 Å². The molecule has 1 N–H and O–H groups in total. The Morgan fingerprint density at radius 3 is 2.47 bits per heavy atom. The summed E-state index contributed by atoms with van der Waals surface area (Å²) in [4.78, 5) is 42.4. The van der Waals surface area contributed by atoms with E-state index in [0.717, 1.165) is 5.56 Å². The summed E-state index contributed by atoms with van der Waals surface area (Å²) in [5, 5.41) is 7.23. The van der Waals surface area contributed by atoms with Crippen molar-refractivity contribution >= 4 is 40.7 Å². The van der Waals surface area contributed by atoms with Crippen LogP contribution in [0.4, 0.5) is 11.4 Å². The van der Waals surface area contributed by atoms with E-state index in [1.54, 1.807) is 59.5 Å². The summed E-state index contributed by atoms with van der Waals surface area (Å²) >= 11 is 6.50. The number of rotatable bonds is 5. The molecule has 8 nitrogen and oxygen atoms in total. The number of benzene rings is 3. The van der Waals surface area contributed by atoms with Crippen LogP contribution in [0.25, 0.3) is 5.69 Å². The van der Waals surface area contributed by atoms with E-state index in [4.69, 9.17) is 11.6 Å². The Bertz CT molecular complexity index is 1420. The molecule has 0 bridgehead atoms. The SMILES string of the molecule is O=C(CN1Cc2ccccc2N(C(=O)c2ccc(-n3cccn3)cc2Cl)CC1=O)Nc1ccccc1. The summed E-state index contributed by atoms with van der Waals surface area (Å²) in [6.07, 6.45) is 3.43. The molecule has 2 heterocycles. The first-order chi connectivity index (χ1) is 17.5. The maximum absolute atomic E-state index is 13.6. The number of halogens is 1. The number of hydrogen-bond acceptors (Lipinski definition) is 4. The topological polar surface area (TPSA) is 87.5 Å². The molecule has 1 aliphatic rings. The van der Waals surface area contributed by atoms with Gasteiger partial charge in [-0.3, -0.25) is 19.3 Å². The molecule has 1 aliphatic heterocycles. The van der Waals surface area contributed by atoms with Gasteiger partial charge in [-0.25, -0.2) is 4.68 Å². The average Bonchev–Trinajstić information content (AvgIpc) is 3.38. The Balaban J connectivity index is 1.39.